The van der Waals surface area contributed by atoms with Crippen LogP contribution in [0.5, 0.6) is 0 Å². The lowest BCUT2D eigenvalue weighted by Crippen LogP contribution is -2.49. The predicted molar refractivity (Wildman–Crippen MR) is 172 cm³/mol. The van der Waals surface area contributed by atoms with Gasteiger partial charge in [0, 0.05) is 18.5 Å². The van der Waals surface area contributed by atoms with Gasteiger partial charge in [-0.15, -0.1) is 13.2 Å². The predicted octanol–water partition coefficient (Wildman–Crippen LogP) is 4.46. The molecule has 0 heterocycles. The summed E-state index contributed by atoms with van der Waals surface area (Å²) in [4.78, 5) is 52.0. The minimum absolute atomic E-state index is 0.146. The third kappa shape index (κ3) is 11.1. The number of fused-ring (bicyclic) bond motifs is 1. The quantitative estimate of drug-likeness (QED) is 0.0969. The van der Waals surface area contributed by atoms with Crippen LogP contribution < -0.4 is 16.0 Å². The molecule has 44 heavy (non-hydrogen) atoms. The van der Waals surface area contributed by atoms with E-state index >= 15 is 0 Å². The molecule has 0 fully saturated rings. The Morgan fingerprint density at radius 2 is 1.59 bits per heavy atom. The van der Waals surface area contributed by atoms with Crippen molar-refractivity contribution < 1.29 is 29.0 Å². The molecule has 3 aromatic rings. The monoisotopic (exact) mass is 599 g/mol. The first-order valence-electron chi connectivity index (χ1n) is 14.7. The number of unbranched alkanes of at least 4 members (excludes halogenated alkanes) is 1. The number of hydrogen-bond donors (Lipinski definition) is 4. The fourth-order valence-corrected chi connectivity index (χ4v) is 4.66. The fraction of sp³-hybridized carbons (Fsp3) is 0.314. The lowest BCUT2D eigenvalue weighted by molar-refractivity contribution is -0.146. The Hall–Kier alpha value is -4.76. The summed E-state index contributed by atoms with van der Waals surface area (Å²) in [5, 5.41) is 20.0. The highest BCUT2D eigenvalue weighted by Crippen LogP contribution is 2.19. The van der Waals surface area contributed by atoms with Gasteiger partial charge in [-0.1, -0.05) is 72.8 Å². The highest BCUT2D eigenvalue weighted by molar-refractivity contribution is 5.99. The molecule has 9 nitrogen and oxygen atoms in total. The summed E-state index contributed by atoms with van der Waals surface area (Å²) >= 11 is 0. The maximum atomic E-state index is 13.4. The van der Waals surface area contributed by atoms with Crippen LogP contribution in [0.3, 0.4) is 0 Å². The summed E-state index contributed by atoms with van der Waals surface area (Å²) in [7, 11) is 0. The van der Waals surface area contributed by atoms with Gasteiger partial charge in [0.15, 0.2) is 0 Å². The Morgan fingerprint density at radius 3 is 2.30 bits per heavy atom. The van der Waals surface area contributed by atoms with Crippen LogP contribution >= 0.6 is 0 Å². The Bertz CT molecular complexity index is 1420. The van der Waals surface area contributed by atoms with Crippen LogP contribution in [0.15, 0.2) is 98.1 Å². The molecule has 0 saturated heterocycles. The molecule has 3 atom stereocenters. The number of allylic oxidation sites excluding steroid dienone is 2. The van der Waals surface area contributed by atoms with Gasteiger partial charge in [0.25, 0.3) is 5.91 Å². The summed E-state index contributed by atoms with van der Waals surface area (Å²) in [6, 6.07) is 20.8. The van der Waals surface area contributed by atoms with E-state index < -0.39 is 41.7 Å². The fourth-order valence-electron chi connectivity index (χ4n) is 4.66. The Kier molecular flexibility index (Phi) is 13.8. The van der Waals surface area contributed by atoms with Crippen LogP contribution in [-0.4, -0.2) is 54.1 Å². The van der Waals surface area contributed by atoms with E-state index in [4.69, 9.17) is 4.74 Å². The zero-order valence-electron chi connectivity index (χ0n) is 24.9. The minimum Gasteiger partial charge on any atom is -0.463 e. The van der Waals surface area contributed by atoms with Crippen LogP contribution in [0.1, 0.15) is 37.7 Å². The van der Waals surface area contributed by atoms with Crippen LogP contribution in [0.25, 0.3) is 10.8 Å². The number of carbonyl (C=O) groups excluding carboxylic acids is 4. The van der Waals surface area contributed by atoms with Gasteiger partial charge in [-0.2, -0.15) is 0 Å². The maximum Gasteiger partial charge on any atom is 0.305 e. The largest absolute Gasteiger partial charge is 0.463 e. The highest BCUT2D eigenvalue weighted by atomic mass is 16.5. The molecule has 9 heteroatoms. The van der Waals surface area contributed by atoms with Crippen molar-refractivity contribution in [2.24, 2.45) is 5.92 Å². The number of ether oxygens (including phenoxy) is 1. The normalized spacial score (nSPS) is 12.8. The van der Waals surface area contributed by atoms with Gasteiger partial charge in [0.2, 0.25) is 11.8 Å². The number of anilines is 1. The van der Waals surface area contributed by atoms with Crippen LogP contribution in [0.2, 0.25) is 0 Å². The minimum atomic E-state index is -1.21. The number of aliphatic hydroxyl groups excluding tert-OH is 1. The molecule has 3 amide bonds. The van der Waals surface area contributed by atoms with Gasteiger partial charge < -0.3 is 25.8 Å². The van der Waals surface area contributed by atoms with E-state index in [1.165, 1.54) is 6.08 Å². The third-order valence-corrected chi connectivity index (χ3v) is 7.01. The van der Waals surface area contributed by atoms with Crippen molar-refractivity contribution in [3.8, 4) is 0 Å². The Morgan fingerprint density at radius 1 is 0.864 bits per heavy atom. The van der Waals surface area contributed by atoms with E-state index in [2.05, 4.69) is 29.1 Å². The van der Waals surface area contributed by atoms with Crippen molar-refractivity contribution >= 4 is 40.2 Å². The molecule has 0 aromatic heterocycles. The second-order valence-electron chi connectivity index (χ2n) is 10.5. The maximum absolute atomic E-state index is 13.4. The topological polar surface area (TPSA) is 134 Å². The summed E-state index contributed by atoms with van der Waals surface area (Å²) < 4.78 is 5.35. The number of hydrogen-bond acceptors (Lipinski definition) is 6. The molecule has 3 aromatic carbocycles. The second kappa shape index (κ2) is 18.0. The van der Waals surface area contributed by atoms with Gasteiger partial charge in [-0.05, 0) is 54.2 Å². The number of carbonyl (C=O) groups is 4. The van der Waals surface area contributed by atoms with Gasteiger partial charge in [-0.3, -0.25) is 19.2 Å². The first-order chi connectivity index (χ1) is 21.3. The zero-order chi connectivity index (χ0) is 31.7. The molecule has 0 saturated carbocycles. The number of nitrogens with one attached hydrogen (secondary N) is 3. The molecule has 0 aliphatic carbocycles. The Balaban J connectivity index is 1.68. The molecular formula is C35H41N3O6. The molecule has 0 spiro atoms. The molecule has 232 valence electrons. The first-order valence-corrected chi connectivity index (χ1v) is 14.7. The van der Waals surface area contributed by atoms with Crippen molar-refractivity contribution in [2.45, 2.75) is 50.6 Å². The summed E-state index contributed by atoms with van der Waals surface area (Å²) in [5.74, 6) is -2.90. The van der Waals surface area contributed by atoms with E-state index in [1.54, 1.807) is 12.1 Å². The van der Waals surface area contributed by atoms with Crippen molar-refractivity contribution in [3.05, 3.63) is 104 Å². The van der Waals surface area contributed by atoms with Crippen molar-refractivity contribution in [3.63, 3.8) is 0 Å². The second-order valence-corrected chi connectivity index (χ2v) is 10.5. The summed E-state index contributed by atoms with van der Waals surface area (Å²) in [6.45, 7) is 6.69. The van der Waals surface area contributed by atoms with E-state index in [0.29, 0.717) is 24.9 Å². The smallest absolute Gasteiger partial charge is 0.305 e. The van der Waals surface area contributed by atoms with Crippen molar-refractivity contribution in [2.75, 3.05) is 18.5 Å². The molecule has 0 bridgehead atoms. The average Bonchev–Trinajstić information content (AvgIpc) is 3.02. The van der Waals surface area contributed by atoms with Crippen LogP contribution in [0, 0.1) is 5.92 Å². The van der Waals surface area contributed by atoms with Gasteiger partial charge >= 0.3 is 5.97 Å². The molecule has 0 unspecified atom stereocenters. The number of esters is 1. The third-order valence-electron chi connectivity index (χ3n) is 7.01. The van der Waals surface area contributed by atoms with Crippen LogP contribution in [-0.2, 0) is 30.3 Å². The highest BCUT2D eigenvalue weighted by Gasteiger charge is 2.28. The zero-order valence-corrected chi connectivity index (χ0v) is 24.9. The molecule has 0 aliphatic heterocycles. The lowest BCUT2D eigenvalue weighted by atomic mass is 9.98. The van der Waals surface area contributed by atoms with Gasteiger partial charge in [0.05, 0.1) is 18.6 Å². The number of rotatable bonds is 18. The lowest BCUT2D eigenvalue weighted by Gasteiger charge is -2.23. The van der Waals surface area contributed by atoms with E-state index in [-0.39, 0.29) is 32.5 Å². The van der Waals surface area contributed by atoms with Gasteiger partial charge in [0.1, 0.15) is 12.6 Å². The average molecular weight is 600 g/mol. The molecule has 4 N–H and O–H groups in total. The number of benzene rings is 3. The summed E-state index contributed by atoms with van der Waals surface area (Å²) in [6.07, 6.45) is 4.97. The van der Waals surface area contributed by atoms with E-state index in [9.17, 15) is 24.3 Å². The number of amides is 3. The van der Waals surface area contributed by atoms with E-state index in [1.807, 2.05) is 66.7 Å². The molecular weight excluding hydrogens is 558 g/mol. The SMILES string of the molecule is C=CCCCC(=O)OC[C@H](NC(=O)[C@H](CC=C)CC(=O)N[C@H](CO)Cc1ccccc1)C(=O)Nc1ccc2ccccc2c1. The molecule has 3 rings (SSSR count). The summed E-state index contributed by atoms with van der Waals surface area (Å²) in [5.41, 5.74) is 1.47. The molecule has 0 aliphatic rings. The standard InChI is InChI=1S/C35H41N3O6/c1-3-5-7-17-33(41)44-24-31(35(43)37-29-19-18-26-15-10-11-16-27(26)21-29)38-34(42)28(12-4-2)22-32(40)36-30(23-39)20-25-13-8-6-9-14-25/h3-4,6,8-11,13-16,18-19,21,28,30-31,39H,1-2,5,7,12,17,20,22-24H2,(H,36,40)(H,37,43)(H,38,42)/t28-,30+,31+/m1/s1. The van der Waals surface area contributed by atoms with E-state index in [0.717, 1.165) is 16.3 Å². The van der Waals surface area contributed by atoms with Crippen molar-refractivity contribution in [1.29, 1.82) is 0 Å². The first kappa shape index (κ1) is 33.7. The molecule has 0 radical (unpaired) electrons. The van der Waals surface area contributed by atoms with Gasteiger partial charge in [-0.25, -0.2) is 0 Å². The Labute approximate surface area is 258 Å². The van der Waals surface area contributed by atoms with Crippen LogP contribution in [0.4, 0.5) is 5.69 Å². The van der Waals surface area contributed by atoms with Crippen molar-refractivity contribution in [1.82, 2.24) is 10.6 Å². The number of aliphatic hydroxyl groups is 1.